The molecule has 0 saturated carbocycles. The van der Waals surface area contributed by atoms with Crippen molar-refractivity contribution in [3.8, 4) is 5.75 Å². The molecule has 1 aromatic carbocycles. The SMILES string of the molecule is CCN(CC)c1ccc(/C=N/N2C(=O)NC(C)(CC)C2=O)c(O)c1. The van der Waals surface area contributed by atoms with E-state index in [9.17, 15) is 14.7 Å². The summed E-state index contributed by atoms with van der Waals surface area (Å²) in [5, 5.41) is 17.5. The molecule has 2 rings (SSSR count). The van der Waals surface area contributed by atoms with Crippen LogP contribution in [0.2, 0.25) is 0 Å². The van der Waals surface area contributed by atoms with Gasteiger partial charge in [0.05, 0.1) is 6.21 Å². The number of benzene rings is 1. The number of nitrogens with one attached hydrogen (secondary N) is 1. The van der Waals surface area contributed by atoms with Gasteiger partial charge in [-0.15, -0.1) is 5.01 Å². The molecular weight excluding hydrogens is 308 g/mol. The van der Waals surface area contributed by atoms with E-state index in [2.05, 4.69) is 15.3 Å². The smallest absolute Gasteiger partial charge is 0.346 e. The zero-order chi connectivity index (χ0) is 17.9. The molecule has 0 radical (unpaired) electrons. The zero-order valence-corrected chi connectivity index (χ0v) is 14.5. The highest BCUT2D eigenvalue weighted by Gasteiger charge is 2.46. The Morgan fingerprint density at radius 1 is 1.29 bits per heavy atom. The predicted molar refractivity (Wildman–Crippen MR) is 93.3 cm³/mol. The van der Waals surface area contributed by atoms with Crippen molar-refractivity contribution in [1.82, 2.24) is 10.3 Å². The number of carbonyl (C=O) groups excluding carboxylic acids is 2. The highest BCUT2D eigenvalue weighted by molar-refractivity contribution is 6.07. The van der Waals surface area contributed by atoms with Gasteiger partial charge in [0, 0.05) is 30.4 Å². The Labute approximate surface area is 141 Å². The van der Waals surface area contributed by atoms with Gasteiger partial charge in [-0.1, -0.05) is 6.92 Å². The summed E-state index contributed by atoms with van der Waals surface area (Å²) in [6, 6.07) is 4.68. The van der Waals surface area contributed by atoms with Gasteiger partial charge in [-0.2, -0.15) is 5.10 Å². The Morgan fingerprint density at radius 2 is 1.96 bits per heavy atom. The molecule has 0 aliphatic carbocycles. The highest BCUT2D eigenvalue weighted by atomic mass is 16.3. The molecule has 1 aliphatic heterocycles. The van der Waals surface area contributed by atoms with Gasteiger partial charge in [-0.3, -0.25) is 4.79 Å². The number of anilines is 1. The largest absolute Gasteiger partial charge is 0.507 e. The second kappa shape index (κ2) is 6.90. The Morgan fingerprint density at radius 3 is 2.46 bits per heavy atom. The minimum atomic E-state index is -0.928. The monoisotopic (exact) mass is 332 g/mol. The summed E-state index contributed by atoms with van der Waals surface area (Å²) >= 11 is 0. The molecular formula is C17H24N4O3. The third kappa shape index (κ3) is 3.20. The molecule has 1 fully saturated rings. The van der Waals surface area contributed by atoms with Crippen molar-refractivity contribution < 1.29 is 14.7 Å². The molecule has 2 N–H and O–H groups in total. The number of imide groups is 1. The maximum absolute atomic E-state index is 12.3. The van der Waals surface area contributed by atoms with E-state index in [0.29, 0.717) is 12.0 Å². The maximum atomic E-state index is 12.3. The summed E-state index contributed by atoms with van der Waals surface area (Å²) in [4.78, 5) is 26.3. The van der Waals surface area contributed by atoms with E-state index in [1.807, 2.05) is 26.8 Å². The molecule has 1 heterocycles. The highest BCUT2D eigenvalue weighted by Crippen LogP contribution is 2.25. The van der Waals surface area contributed by atoms with Crippen LogP contribution in [0, 0.1) is 0 Å². The number of nitrogens with zero attached hydrogens (tertiary/aromatic N) is 3. The van der Waals surface area contributed by atoms with Crippen molar-refractivity contribution in [2.24, 2.45) is 5.10 Å². The molecule has 24 heavy (non-hydrogen) atoms. The molecule has 7 nitrogen and oxygen atoms in total. The molecule has 130 valence electrons. The molecule has 0 aromatic heterocycles. The van der Waals surface area contributed by atoms with E-state index in [4.69, 9.17) is 0 Å². The summed E-state index contributed by atoms with van der Waals surface area (Å²) in [5.74, 6) is -0.348. The first-order valence-corrected chi connectivity index (χ1v) is 8.14. The topological polar surface area (TPSA) is 85.2 Å². The van der Waals surface area contributed by atoms with E-state index < -0.39 is 17.5 Å². The lowest BCUT2D eigenvalue weighted by Crippen LogP contribution is -2.42. The third-order valence-electron chi connectivity index (χ3n) is 4.40. The third-order valence-corrected chi connectivity index (χ3v) is 4.40. The summed E-state index contributed by atoms with van der Waals surface area (Å²) in [6.45, 7) is 9.24. The van der Waals surface area contributed by atoms with Gasteiger partial charge in [0.2, 0.25) is 0 Å². The lowest BCUT2D eigenvalue weighted by molar-refractivity contribution is -0.130. The number of urea groups is 1. The fraction of sp³-hybridized carbons (Fsp3) is 0.471. The van der Waals surface area contributed by atoms with E-state index >= 15 is 0 Å². The first-order valence-electron chi connectivity index (χ1n) is 8.14. The molecule has 7 heteroatoms. The zero-order valence-electron chi connectivity index (χ0n) is 14.5. The fourth-order valence-corrected chi connectivity index (χ4v) is 2.56. The number of hydrogen-bond acceptors (Lipinski definition) is 5. The summed E-state index contributed by atoms with van der Waals surface area (Å²) in [5.41, 5.74) is 0.420. The Bertz CT molecular complexity index is 670. The van der Waals surface area contributed by atoms with Gasteiger partial charge >= 0.3 is 6.03 Å². The number of hydrazone groups is 1. The minimum Gasteiger partial charge on any atom is -0.507 e. The van der Waals surface area contributed by atoms with Crippen molar-refractivity contribution in [1.29, 1.82) is 0 Å². The van der Waals surface area contributed by atoms with Crippen LogP contribution in [0.3, 0.4) is 0 Å². The second-order valence-electron chi connectivity index (χ2n) is 5.89. The first kappa shape index (κ1) is 17.8. The number of amides is 3. The number of phenolic OH excluding ortho intramolecular Hbond substituents is 1. The van der Waals surface area contributed by atoms with Gasteiger partial charge in [-0.05, 0) is 39.3 Å². The molecule has 1 aliphatic rings. The fourth-order valence-electron chi connectivity index (χ4n) is 2.56. The van der Waals surface area contributed by atoms with Crippen molar-refractivity contribution in [3.05, 3.63) is 23.8 Å². The lowest BCUT2D eigenvalue weighted by atomic mass is 10.00. The van der Waals surface area contributed by atoms with Crippen LogP contribution in [-0.2, 0) is 4.79 Å². The standard InChI is InChI=1S/C17H24N4O3/c1-5-17(4)15(23)21(16(24)19-17)18-11-12-8-9-13(10-14(12)22)20(6-2)7-3/h8-11,22H,5-7H2,1-4H3,(H,19,24)/b18-11+. The Balaban J connectivity index is 2.21. The van der Waals surface area contributed by atoms with E-state index in [0.717, 1.165) is 23.8 Å². The van der Waals surface area contributed by atoms with E-state index in [1.54, 1.807) is 19.1 Å². The number of aromatic hydroxyl groups is 1. The first-order chi connectivity index (χ1) is 11.4. The Hall–Kier alpha value is -2.57. The number of carbonyl (C=O) groups is 2. The van der Waals surface area contributed by atoms with Crippen molar-refractivity contribution in [2.75, 3.05) is 18.0 Å². The van der Waals surface area contributed by atoms with Gasteiger partial charge in [0.15, 0.2) is 0 Å². The van der Waals surface area contributed by atoms with Crippen LogP contribution in [0.15, 0.2) is 23.3 Å². The van der Waals surface area contributed by atoms with Gasteiger partial charge in [0.1, 0.15) is 11.3 Å². The van der Waals surface area contributed by atoms with Crippen LogP contribution in [0.25, 0.3) is 0 Å². The van der Waals surface area contributed by atoms with Gasteiger partial charge in [-0.25, -0.2) is 4.79 Å². The van der Waals surface area contributed by atoms with Gasteiger partial charge in [0.25, 0.3) is 5.91 Å². The van der Waals surface area contributed by atoms with E-state index in [1.165, 1.54) is 6.21 Å². The van der Waals surface area contributed by atoms with Crippen LogP contribution in [0.4, 0.5) is 10.5 Å². The minimum absolute atomic E-state index is 0.0495. The van der Waals surface area contributed by atoms with E-state index in [-0.39, 0.29) is 5.75 Å². The van der Waals surface area contributed by atoms with Crippen LogP contribution in [-0.4, -0.2) is 46.9 Å². The van der Waals surface area contributed by atoms with Crippen LogP contribution in [0.5, 0.6) is 5.75 Å². The molecule has 0 spiro atoms. The summed E-state index contributed by atoms with van der Waals surface area (Å²) in [6.07, 6.45) is 1.80. The quantitative estimate of drug-likeness (QED) is 0.618. The van der Waals surface area contributed by atoms with Crippen LogP contribution >= 0.6 is 0 Å². The van der Waals surface area contributed by atoms with Crippen molar-refractivity contribution >= 4 is 23.8 Å². The molecule has 1 unspecified atom stereocenters. The van der Waals surface area contributed by atoms with Crippen LogP contribution in [0.1, 0.15) is 39.7 Å². The molecule has 1 aromatic rings. The lowest BCUT2D eigenvalue weighted by Gasteiger charge is -2.21. The van der Waals surface area contributed by atoms with Crippen LogP contribution < -0.4 is 10.2 Å². The summed E-state index contributed by atoms with van der Waals surface area (Å²) in [7, 11) is 0. The number of hydrogen-bond donors (Lipinski definition) is 2. The molecule has 0 bridgehead atoms. The molecule has 1 saturated heterocycles. The molecule has 3 amide bonds. The summed E-state index contributed by atoms with van der Waals surface area (Å²) < 4.78 is 0. The average Bonchev–Trinajstić information content (AvgIpc) is 2.78. The van der Waals surface area contributed by atoms with Crippen molar-refractivity contribution in [3.63, 3.8) is 0 Å². The number of phenols is 1. The normalized spacial score (nSPS) is 20.8. The average molecular weight is 332 g/mol. The number of rotatable bonds is 6. The Kier molecular flexibility index (Phi) is 5.11. The van der Waals surface area contributed by atoms with Gasteiger partial charge < -0.3 is 15.3 Å². The maximum Gasteiger partial charge on any atom is 0.346 e. The second-order valence-corrected chi connectivity index (χ2v) is 5.89. The van der Waals surface area contributed by atoms with Crippen molar-refractivity contribution in [2.45, 2.75) is 39.7 Å². The predicted octanol–water partition coefficient (Wildman–Crippen LogP) is 2.29. The molecule has 1 atom stereocenters.